The summed E-state index contributed by atoms with van der Waals surface area (Å²) in [4.78, 5) is 51.6. The summed E-state index contributed by atoms with van der Waals surface area (Å²) >= 11 is 0. The van der Waals surface area contributed by atoms with Gasteiger partial charge in [-0.2, -0.15) is 0 Å². The maximum Gasteiger partial charge on any atom is 0.330 e. The second kappa shape index (κ2) is 14.5. The average molecular weight is 663 g/mol. The molecule has 1 atom stereocenters. The number of hydrogen-bond acceptors (Lipinski definition) is 6. The van der Waals surface area contributed by atoms with E-state index in [2.05, 4.69) is 48.3 Å². The fraction of sp³-hybridized carbons (Fsp3) is 0.368. The van der Waals surface area contributed by atoms with Crippen molar-refractivity contribution in [2.45, 2.75) is 58.5 Å². The van der Waals surface area contributed by atoms with Crippen LogP contribution in [-0.2, 0) is 21.6 Å². The van der Waals surface area contributed by atoms with Gasteiger partial charge in [0.1, 0.15) is 19.1 Å². The number of amides is 4. The minimum absolute atomic E-state index is 0.000897. The van der Waals surface area contributed by atoms with Gasteiger partial charge in [0.2, 0.25) is 0 Å². The molecule has 48 heavy (non-hydrogen) atoms. The summed E-state index contributed by atoms with van der Waals surface area (Å²) in [5.41, 5.74) is 3.07. The van der Waals surface area contributed by atoms with Crippen LogP contribution in [0.3, 0.4) is 0 Å². The first-order valence-electron chi connectivity index (χ1n) is 16.1. The van der Waals surface area contributed by atoms with Gasteiger partial charge in [0.05, 0.1) is 18.8 Å². The quantitative estimate of drug-likeness (QED) is 0.104. The standard InChI is InChI=1S/C38H42N4O5Si/c1-7-9-19-42-37(45)41(27-46-21-22-48(4,5)6)36(44)38(42,31-14-11-29(12-15-31)34-23-28(3)17-18-39-34)26-40-25-30-13-16-32(47-20-10-8-2)24-33(30)35(40)43/h11-18,23-24H,19-22,25-27H2,1-6H3. The van der Waals surface area contributed by atoms with E-state index in [0.29, 0.717) is 23.5 Å². The number of carbonyl (C=O) groups excluding carboxylic acids is 3. The van der Waals surface area contributed by atoms with E-state index in [9.17, 15) is 14.4 Å². The zero-order chi connectivity index (χ0) is 34.5. The molecule has 1 unspecified atom stereocenters. The highest BCUT2D eigenvalue weighted by Gasteiger charge is 2.59. The van der Waals surface area contributed by atoms with Crippen molar-refractivity contribution in [3.05, 3.63) is 83.0 Å². The monoisotopic (exact) mass is 662 g/mol. The lowest BCUT2D eigenvalue weighted by Gasteiger charge is -2.37. The van der Waals surface area contributed by atoms with Crippen molar-refractivity contribution in [1.82, 2.24) is 19.7 Å². The van der Waals surface area contributed by atoms with Crippen LogP contribution in [0.15, 0.2) is 60.8 Å². The predicted molar refractivity (Wildman–Crippen MR) is 188 cm³/mol. The average Bonchev–Trinajstić information content (AvgIpc) is 3.47. The van der Waals surface area contributed by atoms with Crippen LogP contribution >= 0.6 is 0 Å². The number of hydrogen-bond donors (Lipinski definition) is 0. The van der Waals surface area contributed by atoms with Crippen molar-refractivity contribution in [2.75, 3.05) is 33.0 Å². The van der Waals surface area contributed by atoms with Crippen LogP contribution in [0.1, 0.15) is 40.9 Å². The fourth-order valence-electron chi connectivity index (χ4n) is 5.90. The van der Waals surface area contributed by atoms with E-state index >= 15 is 0 Å². The number of aryl methyl sites for hydroxylation is 1. The van der Waals surface area contributed by atoms with Crippen LogP contribution in [0, 0.1) is 30.6 Å². The number of ether oxygens (including phenoxy) is 2. The van der Waals surface area contributed by atoms with E-state index in [-0.39, 0.29) is 38.9 Å². The number of nitrogens with zero attached hydrogens (tertiary/aromatic N) is 4. The molecule has 1 fully saturated rings. The third kappa shape index (κ3) is 7.16. The maximum atomic E-state index is 14.7. The van der Waals surface area contributed by atoms with Gasteiger partial charge in [-0.25, -0.2) is 9.69 Å². The number of urea groups is 1. The first-order chi connectivity index (χ1) is 23.0. The van der Waals surface area contributed by atoms with Gasteiger partial charge in [0.25, 0.3) is 11.8 Å². The van der Waals surface area contributed by atoms with E-state index in [4.69, 9.17) is 9.47 Å². The normalized spacial score (nSPS) is 17.2. The lowest BCUT2D eigenvalue weighted by Crippen LogP contribution is -2.54. The summed E-state index contributed by atoms with van der Waals surface area (Å²) in [6, 6.07) is 17.2. The van der Waals surface area contributed by atoms with Gasteiger partial charge in [-0.3, -0.25) is 19.5 Å². The third-order valence-corrected chi connectivity index (χ3v) is 10.3. The minimum atomic E-state index is -1.55. The predicted octanol–water partition coefficient (Wildman–Crippen LogP) is 5.91. The summed E-state index contributed by atoms with van der Waals surface area (Å²) < 4.78 is 11.7. The Morgan fingerprint density at radius 3 is 2.40 bits per heavy atom. The molecule has 10 heteroatoms. The number of rotatable bonds is 12. The second-order valence-electron chi connectivity index (χ2n) is 13.2. The number of aromatic nitrogens is 1. The molecule has 0 spiro atoms. The number of pyridine rings is 1. The summed E-state index contributed by atoms with van der Waals surface area (Å²) in [5.74, 6) is 11.4. The van der Waals surface area contributed by atoms with Crippen LogP contribution in [-0.4, -0.2) is 78.6 Å². The molecule has 0 radical (unpaired) electrons. The topological polar surface area (TPSA) is 92.3 Å². The third-order valence-electron chi connectivity index (χ3n) is 8.59. The molecule has 2 aliphatic rings. The highest BCUT2D eigenvalue weighted by molar-refractivity contribution is 6.76. The fourth-order valence-corrected chi connectivity index (χ4v) is 6.66. The van der Waals surface area contributed by atoms with Crippen LogP contribution < -0.4 is 4.74 Å². The molecule has 0 bridgehead atoms. The van der Waals surface area contributed by atoms with Crippen molar-refractivity contribution >= 4 is 25.9 Å². The van der Waals surface area contributed by atoms with Crippen LogP contribution in [0.4, 0.5) is 4.79 Å². The summed E-state index contributed by atoms with van der Waals surface area (Å²) in [7, 11) is -1.40. The highest BCUT2D eigenvalue weighted by atomic mass is 28.3. The Bertz CT molecular complexity index is 1830. The van der Waals surface area contributed by atoms with Gasteiger partial charge in [-0.15, -0.1) is 11.8 Å². The first kappa shape index (κ1) is 34.4. The molecule has 3 aromatic rings. The Morgan fingerprint density at radius 1 is 0.958 bits per heavy atom. The number of benzene rings is 2. The summed E-state index contributed by atoms with van der Waals surface area (Å²) in [6.07, 6.45) is 1.76. The minimum Gasteiger partial charge on any atom is -0.481 e. The largest absolute Gasteiger partial charge is 0.481 e. The smallest absolute Gasteiger partial charge is 0.330 e. The molecule has 0 N–H and O–H groups in total. The molecule has 0 saturated carbocycles. The molecule has 3 heterocycles. The molecule has 1 aromatic heterocycles. The molecular formula is C38H42N4O5Si. The lowest BCUT2D eigenvalue weighted by molar-refractivity contribution is -0.137. The Morgan fingerprint density at radius 2 is 1.71 bits per heavy atom. The number of carbonyl (C=O) groups is 3. The molecule has 248 valence electrons. The van der Waals surface area contributed by atoms with E-state index in [1.165, 1.54) is 4.90 Å². The van der Waals surface area contributed by atoms with Gasteiger partial charge in [-0.05, 0) is 67.8 Å². The Labute approximate surface area is 284 Å². The van der Waals surface area contributed by atoms with Crippen molar-refractivity contribution in [2.24, 2.45) is 0 Å². The van der Waals surface area contributed by atoms with E-state index in [0.717, 1.165) is 33.3 Å². The Kier molecular flexibility index (Phi) is 10.4. The van der Waals surface area contributed by atoms with Crippen LogP contribution in [0.5, 0.6) is 5.75 Å². The van der Waals surface area contributed by atoms with Crippen molar-refractivity contribution in [1.29, 1.82) is 0 Å². The number of fused-ring (bicyclic) bond motifs is 1. The van der Waals surface area contributed by atoms with Gasteiger partial charge in [0, 0.05) is 38.5 Å². The molecule has 1 saturated heterocycles. The van der Waals surface area contributed by atoms with Gasteiger partial charge < -0.3 is 14.4 Å². The van der Waals surface area contributed by atoms with Crippen molar-refractivity contribution in [3.8, 4) is 40.7 Å². The van der Waals surface area contributed by atoms with E-state index in [1.54, 1.807) is 31.0 Å². The molecule has 2 aliphatic heterocycles. The van der Waals surface area contributed by atoms with Crippen LogP contribution in [0.25, 0.3) is 11.3 Å². The molecule has 5 rings (SSSR count). The zero-order valence-electron chi connectivity index (χ0n) is 28.6. The summed E-state index contributed by atoms with van der Waals surface area (Å²) in [6.45, 7) is 12.9. The van der Waals surface area contributed by atoms with Crippen LogP contribution in [0.2, 0.25) is 25.7 Å². The first-order valence-corrected chi connectivity index (χ1v) is 19.8. The zero-order valence-corrected chi connectivity index (χ0v) is 29.6. The Hall–Kier alpha value is -4.90. The second-order valence-corrected chi connectivity index (χ2v) is 18.8. The van der Waals surface area contributed by atoms with Crippen molar-refractivity contribution in [3.63, 3.8) is 0 Å². The molecular weight excluding hydrogens is 621 g/mol. The molecule has 0 aliphatic carbocycles. The summed E-state index contributed by atoms with van der Waals surface area (Å²) in [5, 5.41) is 0. The molecule has 9 nitrogen and oxygen atoms in total. The lowest BCUT2D eigenvalue weighted by atomic mass is 9.86. The van der Waals surface area contributed by atoms with Gasteiger partial charge >= 0.3 is 6.03 Å². The maximum absolute atomic E-state index is 14.7. The highest BCUT2D eigenvalue weighted by Crippen LogP contribution is 2.41. The molecule has 4 amide bonds. The SMILES string of the molecule is CC#CCOc1ccc2c(c1)C(=O)N(CC1(c3ccc(-c4cc(C)ccn4)cc3)C(=O)N(COCC[Si](C)(C)C)C(=O)N1CC#CC)C2. The van der Waals surface area contributed by atoms with Gasteiger partial charge in [-0.1, -0.05) is 61.8 Å². The molecule has 2 aromatic carbocycles. The van der Waals surface area contributed by atoms with Crippen molar-refractivity contribution < 1.29 is 23.9 Å². The van der Waals surface area contributed by atoms with Gasteiger partial charge in [0.15, 0.2) is 5.54 Å². The Balaban J connectivity index is 1.54. The van der Waals surface area contributed by atoms with E-state index in [1.807, 2.05) is 55.5 Å². The van der Waals surface area contributed by atoms with E-state index < -0.39 is 25.6 Å². The number of imide groups is 1.